The van der Waals surface area contributed by atoms with Gasteiger partial charge in [-0.15, -0.1) is 5.10 Å². The number of aryl methyl sites for hydroxylation is 1. The van der Waals surface area contributed by atoms with Crippen molar-refractivity contribution in [3.63, 3.8) is 0 Å². The molecule has 0 radical (unpaired) electrons. The van der Waals surface area contributed by atoms with E-state index < -0.39 is 30.6 Å². The average Bonchev–Trinajstić information content (AvgIpc) is 3.35. The standard InChI is InChI=1S/C24H22Cl2F3N5O3/c1-13-5-3-4-6-17(13)34-22(14(2)35)30-19(31-34)12-33-21(26)20(15-7-9-16(25)10-8-15)32(23(33)37)11-18(36)24(27,28)29/h3-10,14,18,35-36H,11-12H2,1-2H3/t14-,18-/m0/s1. The lowest BCUT2D eigenvalue weighted by Crippen LogP contribution is -2.37. The number of nitrogens with zero attached hydrogens (tertiary/aromatic N) is 5. The van der Waals surface area contributed by atoms with Gasteiger partial charge in [-0.05, 0) is 37.6 Å². The van der Waals surface area contributed by atoms with Crippen LogP contribution in [0.5, 0.6) is 0 Å². The number of aromatic nitrogens is 5. The predicted molar refractivity (Wildman–Crippen MR) is 132 cm³/mol. The van der Waals surface area contributed by atoms with Gasteiger partial charge < -0.3 is 10.2 Å². The summed E-state index contributed by atoms with van der Waals surface area (Å²) < 4.78 is 42.7. The minimum absolute atomic E-state index is 0.0271. The molecule has 37 heavy (non-hydrogen) atoms. The van der Waals surface area contributed by atoms with Gasteiger partial charge in [-0.3, -0.25) is 9.13 Å². The molecule has 0 fully saturated rings. The number of benzene rings is 2. The van der Waals surface area contributed by atoms with E-state index in [1.807, 2.05) is 19.1 Å². The number of aliphatic hydroxyl groups excluding tert-OH is 2. The summed E-state index contributed by atoms with van der Waals surface area (Å²) in [5, 5.41) is 24.6. The summed E-state index contributed by atoms with van der Waals surface area (Å²) in [6.07, 6.45) is -8.77. The Balaban J connectivity index is 1.83. The number of hydrogen-bond acceptors (Lipinski definition) is 5. The second kappa shape index (κ2) is 10.3. The van der Waals surface area contributed by atoms with Crippen molar-refractivity contribution in [1.29, 1.82) is 0 Å². The summed E-state index contributed by atoms with van der Waals surface area (Å²) in [5.41, 5.74) is 0.907. The molecule has 196 valence electrons. The second-order valence-electron chi connectivity index (χ2n) is 8.44. The fourth-order valence-electron chi connectivity index (χ4n) is 3.86. The molecule has 0 aliphatic heterocycles. The molecule has 0 saturated heterocycles. The third-order valence-electron chi connectivity index (χ3n) is 5.71. The second-order valence-corrected chi connectivity index (χ2v) is 9.24. The van der Waals surface area contributed by atoms with E-state index in [2.05, 4.69) is 10.1 Å². The molecule has 0 spiro atoms. The van der Waals surface area contributed by atoms with Crippen LogP contribution in [0.25, 0.3) is 16.9 Å². The monoisotopic (exact) mass is 555 g/mol. The molecular formula is C24H22Cl2F3N5O3. The Morgan fingerprint density at radius 2 is 1.68 bits per heavy atom. The Hall–Kier alpha value is -3.12. The van der Waals surface area contributed by atoms with Crippen LogP contribution in [0.1, 0.15) is 30.2 Å². The molecule has 0 bridgehead atoms. The van der Waals surface area contributed by atoms with Crippen molar-refractivity contribution in [3.8, 4) is 16.9 Å². The van der Waals surface area contributed by atoms with Gasteiger partial charge in [-0.1, -0.05) is 53.5 Å². The molecule has 4 rings (SSSR count). The van der Waals surface area contributed by atoms with E-state index in [1.165, 1.54) is 35.9 Å². The molecule has 2 N–H and O–H groups in total. The van der Waals surface area contributed by atoms with Gasteiger partial charge in [0.1, 0.15) is 11.3 Å². The number of halogens is 5. The van der Waals surface area contributed by atoms with E-state index in [9.17, 15) is 28.2 Å². The Bertz CT molecular complexity index is 1480. The van der Waals surface area contributed by atoms with Crippen LogP contribution in [-0.2, 0) is 13.1 Å². The number of hydrogen-bond donors (Lipinski definition) is 2. The molecule has 0 aliphatic carbocycles. The van der Waals surface area contributed by atoms with Crippen LogP contribution in [0, 0.1) is 6.92 Å². The van der Waals surface area contributed by atoms with Gasteiger partial charge in [0.05, 0.1) is 24.5 Å². The maximum absolute atomic E-state index is 13.3. The predicted octanol–water partition coefficient (Wildman–Crippen LogP) is 4.54. The lowest BCUT2D eigenvalue weighted by molar-refractivity contribution is -0.207. The third-order valence-corrected chi connectivity index (χ3v) is 6.34. The van der Waals surface area contributed by atoms with Crippen LogP contribution in [0.15, 0.2) is 53.3 Å². The maximum atomic E-state index is 13.3. The van der Waals surface area contributed by atoms with Crippen LogP contribution in [0.3, 0.4) is 0 Å². The molecular weight excluding hydrogens is 534 g/mol. The van der Waals surface area contributed by atoms with Gasteiger partial charge in [0.25, 0.3) is 0 Å². The third kappa shape index (κ3) is 5.45. The van der Waals surface area contributed by atoms with Crippen molar-refractivity contribution >= 4 is 23.2 Å². The molecule has 13 heteroatoms. The summed E-state index contributed by atoms with van der Waals surface area (Å²) in [7, 11) is 0. The summed E-state index contributed by atoms with van der Waals surface area (Å²) in [4.78, 5) is 17.6. The Labute approximate surface area is 219 Å². The molecule has 4 aromatic rings. The number of rotatable bonds is 7. The number of aliphatic hydroxyl groups is 2. The first-order valence-corrected chi connectivity index (χ1v) is 11.8. The van der Waals surface area contributed by atoms with E-state index in [4.69, 9.17) is 23.2 Å². The average molecular weight is 556 g/mol. The summed E-state index contributed by atoms with van der Waals surface area (Å²) >= 11 is 12.5. The molecule has 0 saturated carbocycles. The highest BCUT2D eigenvalue weighted by Crippen LogP contribution is 2.31. The van der Waals surface area contributed by atoms with Crippen LogP contribution in [0.2, 0.25) is 10.2 Å². The molecule has 2 heterocycles. The van der Waals surface area contributed by atoms with Crippen LogP contribution in [0.4, 0.5) is 13.2 Å². The topological polar surface area (TPSA) is 98.1 Å². The van der Waals surface area contributed by atoms with Crippen LogP contribution >= 0.6 is 23.2 Å². The number of alkyl halides is 3. The first-order chi connectivity index (χ1) is 17.4. The van der Waals surface area contributed by atoms with Gasteiger partial charge >= 0.3 is 11.9 Å². The van der Waals surface area contributed by atoms with E-state index in [0.29, 0.717) is 16.3 Å². The fourth-order valence-corrected chi connectivity index (χ4v) is 4.33. The summed E-state index contributed by atoms with van der Waals surface area (Å²) in [6, 6.07) is 13.3. The zero-order valence-corrected chi connectivity index (χ0v) is 21.1. The normalized spacial score (nSPS) is 13.6. The largest absolute Gasteiger partial charge is 0.416 e. The van der Waals surface area contributed by atoms with Crippen molar-refractivity contribution in [1.82, 2.24) is 23.9 Å². The Morgan fingerprint density at radius 1 is 1.03 bits per heavy atom. The molecule has 2 aromatic heterocycles. The minimum Gasteiger partial charge on any atom is -0.385 e. The van der Waals surface area contributed by atoms with E-state index in [-0.39, 0.29) is 29.0 Å². The lowest BCUT2D eigenvalue weighted by atomic mass is 10.1. The Morgan fingerprint density at radius 3 is 2.27 bits per heavy atom. The molecule has 0 amide bonds. The minimum atomic E-state index is -4.95. The fraction of sp³-hybridized carbons (Fsp3) is 0.292. The van der Waals surface area contributed by atoms with Crippen LogP contribution in [-0.4, -0.2) is 46.4 Å². The van der Waals surface area contributed by atoms with Gasteiger partial charge in [-0.25, -0.2) is 14.5 Å². The highest BCUT2D eigenvalue weighted by atomic mass is 35.5. The summed E-state index contributed by atoms with van der Waals surface area (Å²) in [6.45, 7) is 1.99. The number of para-hydroxylation sites is 1. The molecule has 0 unspecified atom stereocenters. The molecule has 0 aliphatic rings. The zero-order chi connectivity index (χ0) is 27.1. The smallest absolute Gasteiger partial charge is 0.385 e. The molecule has 2 aromatic carbocycles. The summed E-state index contributed by atoms with van der Waals surface area (Å²) in [5.74, 6) is 0.303. The first-order valence-electron chi connectivity index (χ1n) is 11.1. The number of imidazole rings is 1. The van der Waals surface area contributed by atoms with Gasteiger partial charge in [0.15, 0.2) is 17.8 Å². The van der Waals surface area contributed by atoms with Crippen molar-refractivity contribution in [2.24, 2.45) is 0 Å². The Kier molecular flexibility index (Phi) is 7.52. The maximum Gasteiger partial charge on any atom is 0.416 e. The van der Waals surface area contributed by atoms with Crippen molar-refractivity contribution in [3.05, 3.63) is 86.4 Å². The van der Waals surface area contributed by atoms with E-state index in [1.54, 1.807) is 12.1 Å². The van der Waals surface area contributed by atoms with Crippen LogP contribution < -0.4 is 5.69 Å². The first kappa shape index (κ1) is 26.9. The lowest BCUT2D eigenvalue weighted by Gasteiger charge is -2.16. The van der Waals surface area contributed by atoms with Crippen molar-refractivity contribution in [2.75, 3.05) is 0 Å². The van der Waals surface area contributed by atoms with Gasteiger partial charge in [0.2, 0.25) is 0 Å². The van der Waals surface area contributed by atoms with Gasteiger partial charge in [0, 0.05) is 10.6 Å². The zero-order valence-electron chi connectivity index (χ0n) is 19.6. The SMILES string of the molecule is Cc1ccccc1-n1nc(Cn2c(Cl)c(-c3ccc(Cl)cc3)n(C[C@H](O)C(F)(F)F)c2=O)nc1[C@H](C)O. The molecule has 8 nitrogen and oxygen atoms in total. The molecule has 2 atom stereocenters. The van der Waals surface area contributed by atoms with Gasteiger partial charge in [-0.2, -0.15) is 13.2 Å². The highest BCUT2D eigenvalue weighted by molar-refractivity contribution is 6.32. The quantitative estimate of drug-likeness (QED) is 0.349. The van der Waals surface area contributed by atoms with E-state index in [0.717, 1.165) is 14.7 Å². The van der Waals surface area contributed by atoms with Crippen molar-refractivity contribution in [2.45, 2.75) is 45.3 Å². The highest BCUT2D eigenvalue weighted by Gasteiger charge is 2.39. The van der Waals surface area contributed by atoms with E-state index >= 15 is 0 Å². The van der Waals surface area contributed by atoms with Crippen molar-refractivity contribution < 1.29 is 23.4 Å².